The van der Waals surface area contributed by atoms with Gasteiger partial charge in [-0.25, -0.2) is 4.68 Å². The van der Waals surface area contributed by atoms with Crippen LogP contribution < -0.4 is 5.32 Å². The normalized spacial score (nSPS) is 22.0. The van der Waals surface area contributed by atoms with Gasteiger partial charge in [-0.1, -0.05) is 36.6 Å². The van der Waals surface area contributed by atoms with E-state index in [1.165, 1.54) is 25.7 Å². The first-order valence-electron chi connectivity index (χ1n) is 7.77. The van der Waals surface area contributed by atoms with E-state index in [4.69, 9.17) is 16.7 Å². The first-order chi connectivity index (χ1) is 10.3. The molecule has 1 aliphatic carbocycles. The number of hydrogen-bond donors (Lipinski definition) is 1. The SMILES string of the molecule is Clc1cccc(-c2nc3n(n2)C(C2CCCC2)CCN3)c1. The van der Waals surface area contributed by atoms with Gasteiger partial charge in [-0.05, 0) is 37.3 Å². The summed E-state index contributed by atoms with van der Waals surface area (Å²) in [5.74, 6) is 2.44. The first kappa shape index (κ1) is 13.1. The van der Waals surface area contributed by atoms with Gasteiger partial charge >= 0.3 is 0 Å². The Hall–Kier alpha value is -1.55. The lowest BCUT2D eigenvalue weighted by molar-refractivity contribution is 0.290. The Balaban J connectivity index is 1.70. The van der Waals surface area contributed by atoms with Crippen molar-refractivity contribution in [1.82, 2.24) is 14.8 Å². The molecule has 1 saturated carbocycles. The Kier molecular flexibility index (Phi) is 3.34. The first-order valence-corrected chi connectivity index (χ1v) is 8.15. The van der Waals surface area contributed by atoms with Crippen molar-refractivity contribution in [2.24, 2.45) is 5.92 Å². The van der Waals surface area contributed by atoms with Crippen LogP contribution in [-0.2, 0) is 0 Å². The van der Waals surface area contributed by atoms with Gasteiger partial charge in [-0.3, -0.25) is 0 Å². The van der Waals surface area contributed by atoms with Crippen LogP contribution in [0.5, 0.6) is 0 Å². The molecule has 110 valence electrons. The molecule has 1 aromatic heterocycles. The molecular formula is C16H19ClN4. The van der Waals surface area contributed by atoms with E-state index < -0.39 is 0 Å². The molecule has 0 spiro atoms. The topological polar surface area (TPSA) is 42.7 Å². The summed E-state index contributed by atoms with van der Waals surface area (Å²) >= 11 is 6.08. The number of aromatic nitrogens is 3. The van der Waals surface area contributed by atoms with E-state index >= 15 is 0 Å². The molecule has 4 nitrogen and oxygen atoms in total. The maximum atomic E-state index is 6.08. The third-order valence-corrected chi connectivity index (χ3v) is 4.93. The van der Waals surface area contributed by atoms with Crippen molar-refractivity contribution in [2.45, 2.75) is 38.1 Å². The summed E-state index contributed by atoms with van der Waals surface area (Å²) in [6.45, 7) is 0.995. The van der Waals surface area contributed by atoms with E-state index in [0.717, 1.165) is 41.2 Å². The number of rotatable bonds is 2. The van der Waals surface area contributed by atoms with Crippen LogP contribution in [0.4, 0.5) is 5.95 Å². The highest BCUT2D eigenvalue weighted by Crippen LogP contribution is 2.39. The van der Waals surface area contributed by atoms with Crippen LogP contribution in [0.2, 0.25) is 5.02 Å². The lowest BCUT2D eigenvalue weighted by atomic mass is 9.95. The Bertz CT molecular complexity index is 645. The van der Waals surface area contributed by atoms with Gasteiger partial charge in [-0.2, -0.15) is 4.98 Å². The highest BCUT2D eigenvalue weighted by molar-refractivity contribution is 6.30. The molecule has 1 fully saturated rings. The molecule has 21 heavy (non-hydrogen) atoms. The highest BCUT2D eigenvalue weighted by Gasteiger charge is 2.31. The van der Waals surface area contributed by atoms with Gasteiger partial charge in [0, 0.05) is 17.1 Å². The van der Waals surface area contributed by atoms with Gasteiger partial charge in [-0.15, -0.1) is 5.10 Å². The molecular weight excluding hydrogens is 284 g/mol. The second-order valence-electron chi connectivity index (χ2n) is 6.04. The van der Waals surface area contributed by atoms with Crippen LogP contribution in [0.3, 0.4) is 0 Å². The van der Waals surface area contributed by atoms with Crippen LogP contribution in [0, 0.1) is 5.92 Å². The summed E-state index contributed by atoms with van der Waals surface area (Å²) in [5.41, 5.74) is 0.983. The average molecular weight is 303 g/mol. The summed E-state index contributed by atoms with van der Waals surface area (Å²) in [7, 11) is 0. The van der Waals surface area contributed by atoms with E-state index in [-0.39, 0.29) is 0 Å². The van der Waals surface area contributed by atoms with Gasteiger partial charge in [0.25, 0.3) is 0 Å². The fraction of sp³-hybridized carbons (Fsp3) is 0.500. The standard InChI is InChI=1S/C16H19ClN4/c17-13-7-3-6-12(10-13)15-19-16-18-9-8-14(21(16)20-15)11-4-1-2-5-11/h3,6-7,10-11,14H,1-2,4-5,8-9H2,(H,18,19,20). The average Bonchev–Trinajstić information content (AvgIpc) is 3.16. The van der Waals surface area contributed by atoms with E-state index in [2.05, 4.69) is 15.0 Å². The second-order valence-corrected chi connectivity index (χ2v) is 6.48. The number of hydrogen-bond acceptors (Lipinski definition) is 3. The van der Waals surface area contributed by atoms with E-state index in [9.17, 15) is 0 Å². The maximum Gasteiger partial charge on any atom is 0.221 e. The quantitative estimate of drug-likeness (QED) is 0.906. The molecule has 5 heteroatoms. The molecule has 1 N–H and O–H groups in total. The zero-order chi connectivity index (χ0) is 14.2. The Labute approximate surface area is 129 Å². The van der Waals surface area contributed by atoms with E-state index in [1.807, 2.05) is 24.3 Å². The lowest BCUT2D eigenvalue weighted by Crippen LogP contribution is -2.28. The summed E-state index contributed by atoms with van der Waals surface area (Å²) in [6.07, 6.45) is 6.53. The number of nitrogens with zero attached hydrogens (tertiary/aromatic N) is 3. The van der Waals surface area contributed by atoms with Crippen LogP contribution >= 0.6 is 11.6 Å². The van der Waals surface area contributed by atoms with Gasteiger partial charge in [0.1, 0.15) is 0 Å². The number of halogens is 1. The van der Waals surface area contributed by atoms with E-state index in [1.54, 1.807) is 0 Å². The summed E-state index contributed by atoms with van der Waals surface area (Å²) < 4.78 is 2.12. The number of fused-ring (bicyclic) bond motifs is 1. The monoisotopic (exact) mass is 302 g/mol. The summed E-state index contributed by atoms with van der Waals surface area (Å²) in [4.78, 5) is 4.67. The van der Waals surface area contributed by atoms with Crippen LogP contribution in [0.15, 0.2) is 24.3 Å². The van der Waals surface area contributed by atoms with Crippen molar-refractivity contribution in [2.75, 3.05) is 11.9 Å². The number of nitrogens with one attached hydrogen (secondary N) is 1. The van der Waals surface area contributed by atoms with Gasteiger partial charge in [0.05, 0.1) is 6.04 Å². The number of anilines is 1. The van der Waals surface area contributed by atoms with Gasteiger partial charge < -0.3 is 5.32 Å². The van der Waals surface area contributed by atoms with Crippen molar-refractivity contribution >= 4 is 17.5 Å². The number of benzene rings is 1. The molecule has 0 bridgehead atoms. The molecule has 0 saturated heterocycles. The summed E-state index contributed by atoms with van der Waals surface area (Å²) in [5, 5.41) is 8.87. The van der Waals surface area contributed by atoms with E-state index in [0.29, 0.717) is 6.04 Å². The largest absolute Gasteiger partial charge is 0.354 e. The fourth-order valence-corrected chi connectivity index (χ4v) is 3.85. The van der Waals surface area contributed by atoms with Crippen molar-refractivity contribution in [1.29, 1.82) is 0 Å². The predicted molar refractivity (Wildman–Crippen MR) is 84.6 cm³/mol. The third-order valence-electron chi connectivity index (χ3n) is 4.70. The minimum Gasteiger partial charge on any atom is -0.354 e. The molecule has 1 aromatic carbocycles. The highest BCUT2D eigenvalue weighted by atomic mass is 35.5. The summed E-state index contributed by atoms with van der Waals surface area (Å²) in [6, 6.07) is 8.26. The van der Waals surface area contributed by atoms with Crippen LogP contribution in [0.1, 0.15) is 38.1 Å². The van der Waals surface area contributed by atoms with Crippen molar-refractivity contribution in [3.63, 3.8) is 0 Å². The maximum absolute atomic E-state index is 6.08. The Morgan fingerprint density at radius 1 is 1.19 bits per heavy atom. The van der Waals surface area contributed by atoms with Crippen molar-refractivity contribution < 1.29 is 0 Å². The smallest absolute Gasteiger partial charge is 0.221 e. The lowest BCUT2D eigenvalue weighted by Gasteiger charge is -2.28. The predicted octanol–water partition coefficient (Wildman–Crippen LogP) is 4.15. The van der Waals surface area contributed by atoms with Crippen LogP contribution in [-0.4, -0.2) is 21.3 Å². The Morgan fingerprint density at radius 2 is 2.05 bits per heavy atom. The molecule has 1 atom stereocenters. The second kappa shape index (κ2) is 5.34. The molecule has 2 aromatic rings. The molecule has 4 rings (SSSR count). The van der Waals surface area contributed by atoms with Gasteiger partial charge in [0.2, 0.25) is 5.95 Å². The minimum atomic E-state index is 0.504. The molecule has 1 unspecified atom stereocenters. The van der Waals surface area contributed by atoms with Gasteiger partial charge in [0.15, 0.2) is 5.82 Å². The molecule has 0 amide bonds. The third kappa shape index (κ3) is 2.42. The molecule has 2 aliphatic rings. The molecule has 1 aliphatic heterocycles. The van der Waals surface area contributed by atoms with Crippen molar-refractivity contribution in [3.8, 4) is 11.4 Å². The van der Waals surface area contributed by atoms with Crippen LogP contribution in [0.25, 0.3) is 11.4 Å². The van der Waals surface area contributed by atoms with Crippen molar-refractivity contribution in [3.05, 3.63) is 29.3 Å². The zero-order valence-electron chi connectivity index (χ0n) is 11.9. The Morgan fingerprint density at radius 3 is 2.86 bits per heavy atom. The fourth-order valence-electron chi connectivity index (χ4n) is 3.66. The zero-order valence-corrected chi connectivity index (χ0v) is 12.7. The molecule has 0 radical (unpaired) electrons. The molecule has 2 heterocycles. The minimum absolute atomic E-state index is 0.504.